The van der Waals surface area contributed by atoms with Crippen molar-refractivity contribution in [3.63, 3.8) is 0 Å². The maximum atomic E-state index is 11.6. The molecule has 0 radical (unpaired) electrons. The summed E-state index contributed by atoms with van der Waals surface area (Å²) in [7, 11) is 0. The highest BCUT2D eigenvalue weighted by Gasteiger charge is 2.11. The van der Waals surface area contributed by atoms with Crippen LogP contribution in [0.1, 0.15) is 17.4 Å². The van der Waals surface area contributed by atoms with Gasteiger partial charge in [-0.2, -0.15) is 11.8 Å². The molecule has 0 aliphatic carbocycles. The fourth-order valence-electron chi connectivity index (χ4n) is 1.05. The summed E-state index contributed by atoms with van der Waals surface area (Å²) in [6.45, 7) is 3.73. The van der Waals surface area contributed by atoms with Gasteiger partial charge in [0.25, 0.3) is 5.91 Å². The fraction of sp³-hybridized carbons (Fsp3) is 0.667. The van der Waals surface area contributed by atoms with E-state index >= 15 is 0 Å². The van der Waals surface area contributed by atoms with Crippen LogP contribution in [0.4, 0.5) is 0 Å². The lowest BCUT2D eigenvalue weighted by Crippen LogP contribution is -2.29. The Labute approximate surface area is 99.0 Å². The predicted molar refractivity (Wildman–Crippen MR) is 64.4 cm³/mol. The minimum atomic E-state index is -0.191. The van der Waals surface area contributed by atoms with E-state index in [0.717, 1.165) is 0 Å². The molecule has 7 heteroatoms. The zero-order chi connectivity index (χ0) is 12.0. The molecule has 0 aliphatic heterocycles. The smallest absolute Gasteiger partial charge is 0.273 e. The maximum Gasteiger partial charge on any atom is 0.273 e. The first-order chi connectivity index (χ1) is 7.67. The minimum absolute atomic E-state index is 0.191. The van der Waals surface area contributed by atoms with Gasteiger partial charge in [-0.05, 0) is 6.26 Å². The number of rotatable bonds is 6. The lowest BCUT2D eigenvalue weighted by atomic mass is 10.4. The second-order valence-electron chi connectivity index (χ2n) is 3.41. The average molecular weight is 243 g/mol. The highest BCUT2D eigenvalue weighted by Crippen LogP contribution is 2.03. The summed E-state index contributed by atoms with van der Waals surface area (Å²) in [4.78, 5) is 11.6. The topological polar surface area (TPSA) is 85.8 Å². The molecule has 0 aliphatic rings. The second-order valence-corrected chi connectivity index (χ2v) is 4.69. The second kappa shape index (κ2) is 6.49. The van der Waals surface area contributed by atoms with E-state index in [0.29, 0.717) is 30.6 Å². The van der Waals surface area contributed by atoms with E-state index in [1.165, 1.54) is 0 Å². The quantitative estimate of drug-likeness (QED) is 0.717. The molecule has 16 heavy (non-hydrogen) atoms. The van der Waals surface area contributed by atoms with Gasteiger partial charge in [0.15, 0.2) is 5.69 Å². The van der Waals surface area contributed by atoms with Crippen LogP contribution in [0.15, 0.2) is 6.20 Å². The van der Waals surface area contributed by atoms with E-state index in [1.54, 1.807) is 22.6 Å². The third kappa shape index (κ3) is 3.82. The molecule has 6 nitrogen and oxygen atoms in total. The summed E-state index contributed by atoms with van der Waals surface area (Å²) in [6, 6.07) is 0. The van der Waals surface area contributed by atoms with Crippen LogP contribution in [-0.2, 0) is 6.54 Å². The summed E-state index contributed by atoms with van der Waals surface area (Å²) >= 11 is 1.70. The lowest BCUT2D eigenvalue weighted by molar-refractivity contribution is 0.0949. The molecule has 1 aromatic rings. The van der Waals surface area contributed by atoms with Crippen molar-refractivity contribution in [1.82, 2.24) is 20.3 Å². The molecule has 90 valence electrons. The molecule has 1 atom stereocenters. The van der Waals surface area contributed by atoms with Gasteiger partial charge in [0.1, 0.15) is 0 Å². The van der Waals surface area contributed by atoms with Crippen molar-refractivity contribution in [3.8, 4) is 0 Å². The third-order valence-electron chi connectivity index (χ3n) is 2.08. The number of carbonyl (C=O) groups excluding carboxylic acids is 1. The molecular formula is C9H17N5OS. The Morgan fingerprint density at radius 2 is 2.50 bits per heavy atom. The van der Waals surface area contributed by atoms with Crippen LogP contribution >= 0.6 is 11.8 Å². The van der Waals surface area contributed by atoms with Crippen LogP contribution in [0, 0.1) is 0 Å². The molecule has 1 rings (SSSR count). The van der Waals surface area contributed by atoms with Crippen molar-refractivity contribution in [3.05, 3.63) is 11.9 Å². The van der Waals surface area contributed by atoms with Crippen molar-refractivity contribution >= 4 is 17.7 Å². The first-order valence-corrected chi connectivity index (χ1v) is 6.37. The van der Waals surface area contributed by atoms with Crippen molar-refractivity contribution < 1.29 is 4.79 Å². The van der Waals surface area contributed by atoms with Crippen LogP contribution in [0.25, 0.3) is 0 Å². The maximum absolute atomic E-state index is 11.6. The minimum Gasteiger partial charge on any atom is -0.349 e. The van der Waals surface area contributed by atoms with E-state index in [9.17, 15) is 4.79 Å². The Kier molecular flexibility index (Phi) is 5.27. The third-order valence-corrected chi connectivity index (χ3v) is 3.05. The summed E-state index contributed by atoms with van der Waals surface area (Å²) in [5.74, 6) is -0.191. The summed E-state index contributed by atoms with van der Waals surface area (Å²) in [5, 5.41) is 10.8. The normalized spacial score (nSPS) is 12.4. The van der Waals surface area contributed by atoms with Crippen LogP contribution in [0.2, 0.25) is 0 Å². The zero-order valence-corrected chi connectivity index (χ0v) is 10.3. The van der Waals surface area contributed by atoms with E-state index in [1.807, 2.05) is 6.26 Å². The summed E-state index contributed by atoms with van der Waals surface area (Å²) in [6.07, 6.45) is 3.61. The first kappa shape index (κ1) is 13.0. The van der Waals surface area contributed by atoms with Gasteiger partial charge in [0.05, 0.1) is 12.7 Å². The van der Waals surface area contributed by atoms with E-state index in [2.05, 4.69) is 22.6 Å². The van der Waals surface area contributed by atoms with E-state index in [4.69, 9.17) is 5.73 Å². The SMILES string of the molecule is CSC(C)CNC(=O)c1cn(CCN)nn1. The molecule has 0 spiro atoms. The van der Waals surface area contributed by atoms with Gasteiger partial charge in [0.2, 0.25) is 0 Å². The molecule has 0 bridgehead atoms. The van der Waals surface area contributed by atoms with Gasteiger partial charge in [-0.25, -0.2) is 0 Å². The Bertz CT molecular complexity index is 340. The molecular weight excluding hydrogens is 226 g/mol. The van der Waals surface area contributed by atoms with Gasteiger partial charge < -0.3 is 11.1 Å². The molecule has 3 N–H and O–H groups in total. The lowest BCUT2D eigenvalue weighted by Gasteiger charge is -2.07. The van der Waals surface area contributed by atoms with Gasteiger partial charge in [-0.1, -0.05) is 12.1 Å². The van der Waals surface area contributed by atoms with E-state index < -0.39 is 0 Å². The Hall–Kier alpha value is -1.08. The molecule has 1 unspecified atom stereocenters. The van der Waals surface area contributed by atoms with E-state index in [-0.39, 0.29) is 5.91 Å². The molecule has 0 aromatic carbocycles. The molecule has 0 saturated carbocycles. The number of nitrogens with one attached hydrogen (secondary N) is 1. The Morgan fingerprint density at radius 1 is 1.75 bits per heavy atom. The first-order valence-electron chi connectivity index (χ1n) is 5.08. The number of hydrogen-bond acceptors (Lipinski definition) is 5. The molecule has 1 heterocycles. The highest BCUT2D eigenvalue weighted by molar-refractivity contribution is 7.99. The van der Waals surface area contributed by atoms with Gasteiger partial charge in [0, 0.05) is 18.3 Å². The summed E-state index contributed by atoms with van der Waals surface area (Å²) in [5.41, 5.74) is 5.71. The molecule has 1 aromatic heterocycles. The Balaban J connectivity index is 2.46. The van der Waals surface area contributed by atoms with Crippen molar-refractivity contribution in [2.45, 2.75) is 18.7 Å². The fourth-order valence-corrected chi connectivity index (χ4v) is 1.30. The van der Waals surface area contributed by atoms with Crippen LogP contribution in [-0.4, -0.2) is 45.5 Å². The van der Waals surface area contributed by atoms with Gasteiger partial charge in [-0.15, -0.1) is 5.10 Å². The van der Waals surface area contributed by atoms with Gasteiger partial charge >= 0.3 is 0 Å². The number of amides is 1. The average Bonchev–Trinajstić information content (AvgIpc) is 2.74. The standard InChI is InChI=1S/C9H17N5OS/c1-7(16-2)5-11-9(15)8-6-14(4-3-10)13-12-8/h6-7H,3-5,10H2,1-2H3,(H,11,15). The summed E-state index contributed by atoms with van der Waals surface area (Å²) < 4.78 is 1.56. The number of aromatic nitrogens is 3. The van der Waals surface area contributed by atoms with Crippen molar-refractivity contribution in [2.24, 2.45) is 5.73 Å². The number of hydrogen-bond donors (Lipinski definition) is 2. The number of thioether (sulfide) groups is 1. The molecule has 0 fully saturated rings. The van der Waals surface area contributed by atoms with Crippen LogP contribution in [0.3, 0.4) is 0 Å². The van der Waals surface area contributed by atoms with Crippen molar-refractivity contribution in [1.29, 1.82) is 0 Å². The van der Waals surface area contributed by atoms with Gasteiger partial charge in [-0.3, -0.25) is 9.48 Å². The Morgan fingerprint density at radius 3 is 3.12 bits per heavy atom. The van der Waals surface area contributed by atoms with Crippen LogP contribution < -0.4 is 11.1 Å². The number of nitrogens with two attached hydrogens (primary N) is 1. The molecule has 0 saturated heterocycles. The predicted octanol–water partition coefficient (Wildman–Crippen LogP) is -0.282. The highest BCUT2D eigenvalue weighted by atomic mass is 32.2. The molecule has 1 amide bonds. The monoisotopic (exact) mass is 243 g/mol. The number of nitrogens with zero attached hydrogens (tertiary/aromatic N) is 3. The van der Waals surface area contributed by atoms with Crippen molar-refractivity contribution in [2.75, 3.05) is 19.3 Å². The largest absolute Gasteiger partial charge is 0.349 e. The van der Waals surface area contributed by atoms with Crippen LogP contribution in [0.5, 0.6) is 0 Å². The number of carbonyl (C=O) groups is 1. The zero-order valence-electron chi connectivity index (χ0n) is 9.51.